The second-order valence-electron chi connectivity index (χ2n) is 4.52. The number of thioether (sulfide) groups is 1. The molecule has 0 saturated heterocycles. The van der Waals surface area contributed by atoms with Crippen LogP contribution < -0.4 is 10.5 Å². The lowest BCUT2D eigenvalue weighted by molar-refractivity contribution is 0.0697. The van der Waals surface area contributed by atoms with E-state index in [9.17, 15) is 4.79 Å². The van der Waals surface area contributed by atoms with Crippen molar-refractivity contribution < 1.29 is 14.6 Å². The number of nitrogens with zero attached hydrogens (tertiary/aromatic N) is 1. The van der Waals surface area contributed by atoms with Gasteiger partial charge in [-0.3, -0.25) is 4.99 Å². The van der Waals surface area contributed by atoms with Gasteiger partial charge in [0.05, 0.1) is 24.0 Å². The summed E-state index contributed by atoms with van der Waals surface area (Å²) >= 11 is 1.72. The average Bonchev–Trinajstić information content (AvgIpc) is 2.56. The van der Waals surface area contributed by atoms with E-state index in [0.717, 1.165) is 17.1 Å². The molecule has 2 rings (SSSR count). The molecule has 23 heavy (non-hydrogen) atoms. The summed E-state index contributed by atoms with van der Waals surface area (Å²) in [5.41, 5.74) is 8.37. The highest BCUT2D eigenvalue weighted by atomic mass is 32.2. The third kappa shape index (κ3) is 6.04. The number of aromatic carboxylic acids is 1. The lowest BCUT2D eigenvalue weighted by Gasteiger charge is -2.02. The van der Waals surface area contributed by atoms with Crippen molar-refractivity contribution in [3.8, 4) is 5.75 Å². The Labute approximate surface area is 140 Å². The number of carboxylic acid groups (broad SMARTS) is 1. The van der Waals surface area contributed by atoms with Gasteiger partial charge in [-0.1, -0.05) is 12.1 Å². The summed E-state index contributed by atoms with van der Waals surface area (Å²) in [6, 6.07) is 12.2. The van der Waals surface area contributed by atoms with Crippen LogP contribution in [0.25, 0.3) is 0 Å². The molecule has 0 aliphatic carbocycles. The largest absolute Gasteiger partial charge is 0.497 e. The van der Waals surface area contributed by atoms with Crippen molar-refractivity contribution in [1.29, 1.82) is 0 Å². The van der Waals surface area contributed by atoms with Gasteiger partial charge in [-0.15, -0.1) is 0 Å². The quantitative estimate of drug-likeness (QED) is 0.641. The second kappa shape index (κ2) is 9.53. The Kier molecular flexibility index (Phi) is 7.70. The molecule has 0 fully saturated rings. The lowest BCUT2D eigenvalue weighted by atomic mass is 10.1. The molecule has 6 heteroatoms. The van der Waals surface area contributed by atoms with Crippen molar-refractivity contribution >= 4 is 35.8 Å². The zero-order chi connectivity index (χ0) is 17.2. The van der Waals surface area contributed by atoms with E-state index in [1.807, 2.05) is 18.4 Å². The maximum Gasteiger partial charge on any atom is 0.335 e. The molecule has 5 nitrogen and oxygen atoms in total. The van der Waals surface area contributed by atoms with Crippen LogP contribution in [0.4, 0.5) is 11.4 Å². The number of carbonyl (C=O) groups is 1. The first-order valence-electron chi connectivity index (χ1n) is 6.73. The third-order valence-corrected chi connectivity index (χ3v) is 3.54. The van der Waals surface area contributed by atoms with Gasteiger partial charge >= 0.3 is 5.97 Å². The maximum atomic E-state index is 10.5. The fourth-order valence-electron chi connectivity index (χ4n) is 1.71. The van der Waals surface area contributed by atoms with E-state index in [1.54, 1.807) is 49.2 Å². The highest BCUT2D eigenvalue weighted by Crippen LogP contribution is 2.25. The molecule has 122 valence electrons. The van der Waals surface area contributed by atoms with Crippen molar-refractivity contribution in [2.24, 2.45) is 4.99 Å². The van der Waals surface area contributed by atoms with Crippen LogP contribution in [0.5, 0.6) is 5.75 Å². The predicted molar refractivity (Wildman–Crippen MR) is 97.2 cm³/mol. The van der Waals surface area contributed by atoms with Gasteiger partial charge in [-0.2, -0.15) is 11.8 Å². The van der Waals surface area contributed by atoms with Gasteiger partial charge in [0.1, 0.15) is 5.75 Å². The number of benzene rings is 2. The van der Waals surface area contributed by atoms with Crippen molar-refractivity contribution in [3.05, 3.63) is 53.6 Å². The normalized spacial score (nSPS) is 9.48. The van der Waals surface area contributed by atoms with Gasteiger partial charge in [-0.05, 0) is 42.8 Å². The molecule has 0 atom stereocenters. The first kappa shape index (κ1) is 18.6. The van der Waals surface area contributed by atoms with Gasteiger partial charge in [0, 0.05) is 11.8 Å². The van der Waals surface area contributed by atoms with Crippen LogP contribution in [0, 0.1) is 0 Å². The van der Waals surface area contributed by atoms with Crippen LogP contribution in [0.3, 0.4) is 0 Å². The first-order valence-corrected chi connectivity index (χ1v) is 8.12. The number of nitrogen functional groups attached to an aromatic ring is 1. The topological polar surface area (TPSA) is 84.9 Å². The maximum absolute atomic E-state index is 10.5. The summed E-state index contributed by atoms with van der Waals surface area (Å²) in [7, 11) is 1.59. The van der Waals surface area contributed by atoms with E-state index in [1.165, 1.54) is 0 Å². The number of nitrogens with two attached hydrogens (primary N) is 1. The van der Waals surface area contributed by atoms with E-state index in [0.29, 0.717) is 16.9 Å². The van der Waals surface area contributed by atoms with Gasteiger partial charge in [0.2, 0.25) is 0 Å². The van der Waals surface area contributed by atoms with Crippen molar-refractivity contribution in [1.82, 2.24) is 0 Å². The van der Waals surface area contributed by atoms with E-state index >= 15 is 0 Å². The third-order valence-electron chi connectivity index (χ3n) is 2.92. The van der Waals surface area contributed by atoms with E-state index in [2.05, 4.69) is 11.7 Å². The number of rotatable bonds is 5. The van der Waals surface area contributed by atoms with Gasteiger partial charge in [-0.25, -0.2) is 4.79 Å². The monoisotopic (exact) mass is 332 g/mol. The zero-order valence-corrected chi connectivity index (χ0v) is 14.0. The van der Waals surface area contributed by atoms with Crippen molar-refractivity contribution in [2.45, 2.75) is 5.75 Å². The molecule has 0 radical (unpaired) electrons. The van der Waals surface area contributed by atoms with Crippen LogP contribution in [0.2, 0.25) is 0 Å². The number of carboxylic acids is 1. The molecule has 0 spiro atoms. The van der Waals surface area contributed by atoms with Crippen LogP contribution in [0.1, 0.15) is 15.9 Å². The molecule has 2 aromatic carbocycles. The summed E-state index contributed by atoms with van der Waals surface area (Å²) in [4.78, 5) is 14.2. The van der Waals surface area contributed by atoms with E-state index in [-0.39, 0.29) is 0 Å². The number of ether oxygens (including phenoxy) is 1. The minimum atomic E-state index is -0.870. The summed E-state index contributed by atoms with van der Waals surface area (Å²) < 4.78 is 4.95. The molecule has 0 bridgehead atoms. The minimum Gasteiger partial charge on any atom is -0.497 e. The summed E-state index contributed by atoms with van der Waals surface area (Å²) in [5.74, 6) is 0.792. The van der Waals surface area contributed by atoms with Crippen molar-refractivity contribution in [2.75, 3.05) is 19.1 Å². The Bertz CT molecular complexity index is 657. The fraction of sp³-hybridized carbons (Fsp3) is 0.176. The van der Waals surface area contributed by atoms with E-state index < -0.39 is 5.97 Å². The highest BCUT2D eigenvalue weighted by molar-refractivity contribution is 7.97. The van der Waals surface area contributed by atoms with Crippen LogP contribution in [-0.4, -0.2) is 31.2 Å². The van der Waals surface area contributed by atoms with Crippen LogP contribution in [-0.2, 0) is 5.75 Å². The second-order valence-corrected chi connectivity index (χ2v) is 5.38. The van der Waals surface area contributed by atoms with Gasteiger partial charge in [0.15, 0.2) is 0 Å². The van der Waals surface area contributed by atoms with E-state index in [4.69, 9.17) is 15.6 Å². The molecule has 0 saturated carbocycles. The highest BCUT2D eigenvalue weighted by Gasteiger charge is 2.00. The van der Waals surface area contributed by atoms with Gasteiger partial charge < -0.3 is 15.6 Å². The Hall–Kier alpha value is -2.47. The molecular weight excluding hydrogens is 312 g/mol. The molecular formula is C17H20N2O3S. The number of hydrogen-bond donors (Lipinski definition) is 2. The lowest BCUT2D eigenvalue weighted by Crippen LogP contribution is -1.95. The Morgan fingerprint density at radius 3 is 2.39 bits per heavy atom. The Balaban J connectivity index is 0.000000231. The molecule has 0 unspecified atom stereocenters. The summed E-state index contributed by atoms with van der Waals surface area (Å²) in [5, 5.41) is 8.60. The molecule has 0 aliphatic rings. The standard InChI is InChI=1S/C9H10O2S.C8H10N2O/c1-12-6-7-2-4-8(5-3-7)9(10)11;1-10-8-4-3-6(11-2)5-7(8)9/h2-5H,6H2,1H3,(H,10,11);3-5H,1,9H2,2H3. The van der Waals surface area contributed by atoms with Crippen molar-refractivity contribution in [3.63, 3.8) is 0 Å². The molecule has 0 amide bonds. The fourth-order valence-corrected chi connectivity index (χ4v) is 2.24. The number of methoxy groups -OCH3 is 1. The Morgan fingerprint density at radius 1 is 1.30 bits per heavy atom. The molecule has 2 aromatic rings. The summed E-state index contributed by atoms with van der Waals surface area (Å²) in [6.45, 7) is 3.38. The minimum absolute atomic E-state index is 0.347. The van der Waals surface area contributed by atoms with Crippen LogP contribution >= 0.6 is 11.8 Å². The first-order chi connectivity index (χ1) is 11.0. The SMILES string of the molecule is C=Nc1ccc(OC)cc1N.CSCc1ccc(C(=O)O)cc1. The predicted octanol–water partition coefficient (Wildman–Crippen LogP) is 3.86. The average molecular weight is 332 g/mol. The molecule has 0 aliphatic heterocycles. The summed E-state index contributed by atoms with van der Waals surface area (Å²) in [6.07, 6.45) is 2.02. The number of hydrogen-bond acceptors (Lipinski definition) is 5. The molecule has 3 N–H and O–H groups in total. The Morgan fingerprint density at radius 2 is 1.96 bits per heavy atom. The zero-order valence-electron chi connectivity index (χ0n) is 13.2. The number of anilines is 1. The van der Waals surface area contributed by atoms with Gasteiger partial charge in [0.25, 0.3) is 0 Å². The molecule has 0 aromatic heterocycles. The number of aliphatic imine (C=N–C) groups is 1. The van der Waals surface area contributed by atoms with Crippen LogP contribution in [0.15, 0.2) is 47.5 Å². The molecule has 0 heterocycles. The smallest absolute Gasteiger partial charge is 0.335 e.